The van der Waals surface area contributed by atoms with E-state index in [2.05, 4.69) is 63.3 Å². The van der Waals surface area contributed by atoms with Crippen molar-refractivity contribution in [1.82, 2.24) is 0 Å². The third kappa shape index (κ3) is 7.39. The molecule has 98 valence electrons. The van der Waals surface area contributed by atoms with Gasteiger partial charge in [-0.05, 0) is 39.2 Å². The third-order valence-corrected chi connectivity index (χ3v) is 3.69. The summed E-state index contributed by atoms with van der Waals surface area (Å²) in [7, 11) is 0. The van der Waals surface area contributed by atoms with Crippen LogP contribution < -0.4 is 0 Å². The maximum atomic E-state index is 2.37. The summed E-state index contributed by atoms with van der Waals surface area (Å²) >= 11 is 1.98. The van der Waals surface area contributed by atoms with E-state index in [9.17, 15) is 0 Å². The molecule has 1 heteroatoms. The van der Waals surface area contributed by atoms with Gasteiger partial charge in [-0.2, -0.15) is 11.8 Å². The van der Waals surface area contributed by atoms with Crippen LogP contribution in [0.15, 0.2) is 53.6 Å². The molecule has 0 atom stereocenters. The van der Waals surface area contributed by atoms with Crippen molar-refractivity contribution in [2.75, 3.05) is 5.75 Å². The maximum Gasteiger partial charge on any atom is 0.0187 e. The van der Waals surface area contributed by atoms with E-state index in [1.165, 1.54) is 29.6 Å². The average molecular weight is 260 g/mol. The van der Waals surface area contributed by atoms with Crippen molar-refractivity contribution in [2.24, 2.45) is 0 Å². The first-order valence-corrected chi connectivity index (χ1v) is 7.74. The van der Waals surface area contributed by atoms with Gasteiger partial charge in [0.15, 0.2) is 0 Å². The molecule has 0 fully saturated rings. The van der Waals surface area contributed by atoms with Crippen LogP contribution in [-0.4, -0.2) is 5.75 Å². The fraction of sp³-hybridized carbons (Fsp3) is 0.412. The molecule has 0 N–H and O–H groups in total. The van der Waals surface area contributed by atoms with Gasteiger partial charge >= 0.3 is 0 Å². The van der Waals surface area contributed by atoms with Crippen LogP contribution in [0.3, 0.4) is 0 Å². The summed E-state index contributed by atoms with van der Waals surface area (Å²) in [4.78, 5) is 0. The minimum Gasteiger partial charge on any atom is -0.153 e. The molecule has 1 rings (SSSR count). The van der Waals surface area contributed by atoms with Crippen LogP contribution in [0.4, 0.5) is 0 Å². The highest BCUT2D eigenvalue weighted by atomic mass is 32.2. The molecule has 0 saturated heterocycles. The van der Waals surface area contributed by atoms with Crippen molar-refractivity contribution in [1.29, 1.82) is 0 Å². The minimum atomic E-state index is 1.11. The Morgan fingerprint density at radius 1 is 1.06 bits per heavy atom. The number of allylic oxidation sites excluding steroid dienone is 3. The van der Waals surface area contributed by atoms with Gasteiger partial charge in [0.05, 0.1) is 0 Å². The fourth-order valence-electron chi connectivity index (χ4n) is 1.64. The van der Waals surface area contributed by atoms with Crippen molar-refractivity contribution >= 4 is 11.8 Å². The Balaban J connectivity index is 2.18. The lowest BCUT2D eigenvalue weighted by Gasteiger charge is -2.01. The van der Waals surface area contributed by atoms with Gasteiger partial charge in [0.1, 0.15) is 0 Å². The second-order valence-electron chi connectivity index (χ2n) is 4.87. The van der Waals surface area contributed by atoms with Crippen molar-refractivity contribution in [2.45, 2.75) is 39.4 Å². The predicted molar refractivity (Wildman–Crippen MR) is 85.0 cm³/mol. The molecule has 1 aromatic carbocycles. The van der Waals surface area contributed by atoms with Crippen molar-refractivity contribution in [3.8, 4) is 0 Å². The number of hydrogen-bond donors (Lipinski definition) is 0. The van der Waals surface area contributed by atoms with Crippen LogP contribution in [0.5, 0.6) is 0 Å². The highest BCUT2D eigenvalue weighted by molar-refractivity contribution is 7.98. The molecular weight excluding hydrogens is 236 g/mol. The van der Waals surface area contributed by atoms with Gasteiger partial charge in [-0.1, -0.05) is 53.6 Å². The number of rotatable bonds is 7. The Morgan fingerprint density at radius 2 is 1.78 bits per heavy atom. The van der Waals surface area contributed by atoms with E-state index in [1.54, 1.807) is 0 Å². The highest BCUT2D eigenvalue weighted by Crippen LogP contribution is 2.14. The summed E-state index contributed by atoms with van der Waals surface area (Å²) in [6, 6.07) is 10.7. The molecule has 0 aliphatic rings. The summed E-state index contributed by atoms with van der Waals surface area (Å²) in [5, 5.41) is 0. The molecule has 1 aromatic rings. The topological polar surface area (TPSA) is 0 Å². The zero-order chi connectivity index (χ0) is 13.2. The third-order valence-electron chi connectivity index (χ3n) is 2.75. The van der Waals surface area contributed by atoms with Crippen LogP contribution in [0.2, 0.25) is 0 Å². The van der Waals surface area contributed by atoms with Crippen molar-refractivity contribution in [3.63, 3.8) is 0 Å². The van der Waals surface area contributed by atoms with Gasteiger partial charge in [0.2, 0.25) is 0 Å². The van der Waals surface area contributed by atoms with E-state index in [4.69, 9.17) is 0 Å². The SMILES string of the molecule is CC(C)=CCCC(C)=CCSCc1ccccc1. The molecule has 0 spiro atoms. The van der Waals surface area contributed by atoms with E-state index in [0.29, 0.717) is 0 Å². The molecular formula is C17H24S. The molecule has 0 nitrogen and oxygen atoms in total. The van der Waals surface area contributed by atoms with E-state index in [-0.39, 0.29) is 0 Å². The normalized spacial score (nSPS) is 11.4. The second-order valence-corrected chi connectivity index (χ2v) is 5.90. The van der Waals surface area contributed by atoms with E-state index >= 15 is 0 Å². The zero-order valence-corrected chi connectivity index (χ0v) is 12.6. The van der Waals surface area contributed by atoms with Gasteiger partial charge in [-0.15, -0.1) is 0 Å². The first kappa shape index (κ1) is 15.1. The average Bonchev–Trinajstić information content (AvgIpc) is 2.35. The van der Waals surface area contributed by atoms with E-state index in [0.717, 1.165) is 11.5 Å². The van der Waals surface area contributed by atoms with E-state index in [1.807, 2.05) is 11.8 Å². The molecule has 0 radical (unpaired) electrons. The Hall–Kier alpha value is -0.950. The molecule has 0 bridgehead atoms. The number of hydrogen-bond acceptors (Lipinski definition) is 1. The lowest BCUT2D eigenvalue weighted by Crippen LogP contribution is -1.83. The summed E-state index contributed by atoms with van der Waals surface area (Å²) in [6.45, 7) is 6.56. The largest absolute Gasteiger partial charge is 0.153 e. The van der Waals surface area contributed by atoms with Gasteiger partial charge in [0.25, 0.3) is 0 Å². The summed E-state index contributed by atoms with van der Waals surface area (Å²) < 4.78 is 0. The molecule has 18 heavy (non-hydrogen) atoms. The first-order chi connectivity index (χ1) is 8.68. The lowest BCUT2D eigenvalue weighted by atomic mass is 10.1. The van der Waals surface area contributed by atoms with Crippen LogP contribution in [0.25, 0.3) is 0 Å². The highest BCUT2D eigenvalue weighted by Gasteiger charge is 1.92. The molecule has 0 unspecified atom stereocenters. The molecule has 0 aromatic heterocycles. The summed E-state index contributed by atoms with van der Waals surface area (Å²) in [5.74, 6) is 2.23. The predicted octanol–water partition coefficient (Wildman–Crippen LogP) is 5.61. The van der Waals surface area contributed by atoms with Crippen molar-refractivity contribution < 1.29 is 0 Å². The first-order valence-electron chi connectivity index (χ1n) is 6.59. The molecule has 0 heterocycles. The van der Waals surface area contributed by atoms with Crippen molar-refractivity contribution in [3.05, 3.63) is 59.2 Å². The number of thioether (sulfide) groups is 1. The number of benzene rings is 1. The lowest BCUT2D eigenvalue weighted by molar-refractivity contribution is 0.964. The smallest absolute Gasteiger partial charge is 0.0187 e. The maximum absolute atomic E-state index is 2.37. The van der Waals surface area contributed by atoms with Crippen LogP contribution >= 0.6 is 11.8 Å². The second kappa shape index (κ2) is 9.04. The molecule has 0 aliphatic carbocycles. The van der Waals surface area contributed by atoms with Gasteiger partial charge in [-0.25, -0.2) is 0 Å². The quantitative estimate of drug-likeness (QED) is 0.453. The summed E-state index contributed by atoms with van der Waals surface area (Å²) in [6.07, 6.45) is 7.05. The summed E-state index contributed by atoms with van der Waals surface area (Å²) in [5.41, 5.74) is 4.34. The fourth-order valence-corrected chi connectivity index (χ4v) is 2.59. The molecule has 0 amide bonds. The van der Waals surface area contributed by atoms with Gasteiger partial charge in [-0.3, -0.25) is 0 Å². The van der Waals surface area contributed by atoms with Gasteiger partial charge in [0, 0.05) is 11.5 Å². The monoisotopic (exact) mass is 260 g/mol. The Morgan fingerprint density at radius 3 is 2.44 bits per heavy atom. The zero-order valence-electron chi connectivity index (χ0n) is 11.8. The standard InChI is InChI=1S/C17H24S/c1-15(2)8-7-9-16(3)12-13-18-14-17-10-5-4-6-11-17/h4-6,8,10-12H,7,9,13-14H2,1-3H3. The van der Waals surface area contributed by atoms with Gasteiger partial charge < -0.3 is 0 Å². The Labute approximate surface area is 116 Å². The Bertz CT molecular complexity index is 383. The van der Waals surface area contributed by atoms with Crippen LogP contribution in [-0.2, 0) is 5.75 Å². The van der Waals surface area contributed by atoms with E-state index < -0.39 is 0 Å². The molecule has 0 saturated carbocycles. The Kier molecular flexibility index (Phi) is 7.59. The minimum absolute atomic E-state index is 1.11. The van der Waals surface area contributed by atoms with Crippen LogP contribution in [0, 0.1) is 0 Å². The van der Waals surface area contributed by atoms with Crippen LogP contribution in [0.1, 0.15) is 39.2 Å². The molecule has 0 aliphatic heterocycles.